The van der Waals surface area contributed by atoms with Gasteiger partial charge < -0.3 is 0 Å². The first kappa shape index (κ1) is 16.6. The first-order valence-corrected chi connectivity index (χ1v) is 15.5. The van der Waals surface area contributed by atoms with Gasteiger partial charge in [-0.1, -0.05) is 170 Å². The summed E-state index contributed by atoms with van der Waals surface area (Å²) >= 11 is 0. The van der Waals surface area contributed by atoms with Crippen molar-refractivity contribution >= 4 is 21.5 Å². The van der Waals surface area contributed by atoms with Crippen molar-refractivity contribution in [3.05, 3.63) is 188 Å². The predicted molar refractivity (Wildman–Crippen MR) is 207 cm³/mol. The standard InChI is InChI=1S/C47H31N3/c1-3-13-32(14-4-1)42-22-9-10-23-44(42)47-49-45(34-16-5-2-6-17-34)48-46(50-47)40-20-11-19-35(31-40)36-25-26-38-30-39(28-27-37(38)29-36)43-24-12-18-33-15-7-8-21-41(33)43/h1-31H/i7D,8D,11D,12D,15D,18D,19D,20D,21D,24D,25D,26D,27D,28D,29D,30D,31D. The van der Waals surface area contributed by atoms with E-state index in [4.69, 9.17) is 23.7 Å². The van der Waals surface area contributed by atoms with Crippen LogP contribution in [0.5, 0.6) is 0 Å². The molecule has 9 rings (SSSR count). The van der Waals surface area contributed by atoms with Crippen LogP contribution in [0.1, 0.15) is 23.3 Å². The molecule has 0 aliphatic rings. The molecule has 0 N–H and O–H groups in total. The highest BCUT2D eigenvalue weighted by Crippen LogP contribution is 2.35. The number of hydrogen-bond donors (Lipinski definition) is 0. The molecular weight excluding hydrogens is 607 g/mol. The number of aromatic nitrogens is 3. The normalized spacial score (nSPS) is 16.0. The Kier molecular flexibility index (Phi) is 4.22. The zero-order chi connectivity index (χ0) is 48.1. The summed E-state index contributed by atoms with van der Waals surface area (Å²) in [7, 11) is 0. The van der Waals surface area contributed by atoms with E-state index in [9.17, 15) is 9.60 Å². The van der Waals surface area contributed by atoms with Crippen LogP contribution in [0.4, 0.5) is 0 Å². The zero-order valence-corrected chi connectivity index (χ0v) is 25.9. The van der Waals surface area contributed by atoms with Crippen LogP contribution >= 0.6 is 0 Å². The molecule has 0 amide bonds. The Labute approximate surface area is 315 Å². The maximum atomic E-state index is 9.60. The van der Waals surface area contributed by atoms with Gasteiger partial charge in [-0.25, -0.2) is 15.0 Å². The number of nitrogens with zero attached hydrogens (tertiary/aromatic N) is 3. The lowest BCUT2D eigenvalue weighted by atomic mass is 9.94. The fourth-order valence-corrected chi connectivity index (χ4v) is 5.58. The maximum absolute atomic E-state index is 9.60. The molecule has 234 valence electrons. The van der Waals surface area contributed by atoms with Gasteiger partial charge in [-0.15, -0.1) is 0 Å². The van der Waals surface area contributed by atoms with Crippen LogP contribution in [0.15, 0.2) is 188 Å². The molecule has 1 aromatic heterocycles. The van der Waals surface area contributed by atoms with Crippen LogP contribution in [0, 0.1) is 0 Å². The Morgan fingerprint density at radius 3 is 1.68 bits per heavy atom. The monoisotopic (exact) mass is 654 g/mol. The van der Waals surface area contributed by atoms with Gasteiger partial charge >= 0.3 is 0 Å². The highest BCUT2D eigenvalue weighted by molar-refractivity contribution is 5.99. The molecule has 0 unspecified atom stereocenters. The van der Waals surface area contributed by atoms with Crippen molar-refractivity contribution in [2.24, 2.45) is 0 Å². The Balaban J connectivity index is 1.33. The Hall–Kier alpha value is -6.71. The molecule has 3 nitrogen and oxygen atoms in total. The molecule has 0 aliphatic heterocycles. The molecule has 0 atom stereocenters. The molecule has 1 heterocycles. The van der Waals surface area contributed by atoms with Gasteiger partial charge in [0.1, 0.15) is 0 Å². The maximum Gasteiger partial charge on any atom is 0.164 e. The van der Waals surface area contributed by atoms with Crippen molar-refractivity contribution in [1.82, 2.24) is 15.0 Å². The number of fused-ring (bicyclic) bond motifs is 2. The zero-order valence-electron chi connectivity index (χ0n) is 42.9. The molecule has 0 saturated carbocycles. The van der Waals surface area contributed by atoms with Gasteiger partial charge in [0, 0.05) is 16.7 Å². The first-order chi connectivity index (χ1) is 31.9. The van der Waals surface area contributed by atoms with Crippen LogP contribution in [0.2, 0.25) is 0 Å². The van der Waals surface area contributed by atoms with E-state index in [2.05, 4.69) is 4.98 Å². The van der Waals surface area contributed by atoms with Crippen molar-refractivity contribution < 1.29 is 23.3 Å². The minimum Gasteiger partial charge on any atom is -0.208 e. The van der Waals surface area contributed by atoms with E-state index in [-0.39, 0.29) is 23.0 Å². The topological polar surface area (TPSA) is 38.7 Å². The van der Waals surface area contributed by atoms with E-state index in [0.717, 1.165) is 11.1 Å². The van der Waals surface area contributed by atoms with E-state index in [1.807, 2.05) is 42.5 Å². The Morgan fingerprint density at radius 2 is 0.880 bits per heavy atom. The van der Waals surface area contributed by atoms with Crippen LogP contribution in [-0.4, -0.2) is 15.0 Å². The third-order valence-electron chi connectivity index (χ3n) is 7.96. The van der Waals surface area contributed by atoms with Crippen LogP contribution in [-0.2, 0) is 0 Å². The smallest absolute Gasteiger partial charge is 0.164 e. The van der Waals surface area contributed by atoms with Gasteiger partial charge in [0.2, 0.25) is 0 Å². The summed E-state index contributed by atoms with van der Waals surface area (Å²) in [6.07, 6.45) is 0. The number of rotatable bonds is 6. The minimum atomic E-state index is -0.851. The van der Waals surface area contributed by atoms with E-state index in [1.165, 1.54) is 0 Å². The lowest BCUT2D eigenvalue weighted by molar-refractivity contribution is 1.07. The van der Waals surface area contributed by atoms with Crippen LogP contribution in [0.25, 0.3) is 89.1 Å². The largest absolute Gasteiger partial charge is 0.208 e. The summed E-state index contributed by atoms with van der Waals surface area (Å²) in [6.45, 7) is 0. The minimum absolute atomic E-state index is 0.140. The second kappa shape index (κ2) is 12.7. The molecule has 0 saturated heterocycles. The molecule has 0 bridgehead atoms. The third kappa shape index (κ3) is 5.61. The summed E-state index contributed by atoms with van der Waals surface area (Å²) in [5.74, 6) is 0.0285. The first-order valence-electron chi connectivity index (χ1n) is 24.0. The van der Waals surface area contributed by atoms with Crippen molar-refractivity contribution in [3.8, 4) is 67.5 Å². The van der Waals surface area contributed by atoms with E-state index in [0.29, 0.717) is 11.1 Å². The van der Waals surface area contributed by atoms with Crippen molar-refractivity contribution in [1.29, 1.82) is 0 Å². The van der Waals surface area contributed by atoms with Gasteiger partial charge in [0.15, 0.2) is 17.5 Å². The molecule has 50 heavy (non-hydrogen) atoms. The molecule has 0 spiro atoms. The highest BCUT2D eigenvalue weighted by atomic mass is 15.0. The average Bonchev–Trinajstić information content (AvgIpc) is 3.33. The van der Waals surface area contributed by atoms with Gasteiger partial charge in [0.05, 0.1) is 23.3 Å². The predicted octanol–water partition coefficient (Wildman–Crippen LogP) is 12.2. The molecule has 9 aromatic rings. The number of benzene rings is 8. The van der Waals surface area contributed by atoms with E-state index >= 15 is 0 Å². The summed E-state index contributed by atoms with van der Waals surface area (Å²) in [4.78, 5) is 14.2. The van der Waals surface area contributed by atoms with E-state index < -0.39 is 147 Å². The van der Waals surface area contributed by atoms with Gasteiger partial charge in [0.25, 0.3) is 0 Å². The Morgan fingerprint density at radius 1 is 0.320 bits per heavy atom. The summed E-state index contributed by atoms with van der Waals surface area (Å²) in [6, 6.07) is 12.6. The van der Waals surface area contributed by atoms with Gasteiger partial charge in [-0.05, 0) is 73.1 Å². The summed E-state index contributed by atoms with van der Waals surface area (Å²) < 4.78 is 152. The third-order valence-corrected chi connectivity index (χ3v) is 7.96. The second-order valence-corrected chi connectivity index (χ2v) is 11.1. The van der Waals surface area contributed by atoms with Crippen LogP contribution < -0.4 is 0 Å². The molecule has 0 fully saturated rings. The van der Waals surface area contributed by atoms with Gasteiger partial charge in [-0.3, -0.25) is 0 Å². The quantitative estimate of drug-likeness (QED) is 0.179. The molecule has 0 aliphatic carbocycles. The van der Waals surface area contributed by atoms with Crippen molar-refractivity contribution in [3.63, 3.8) is 0 Å². The van der Waals surface area contributed by atoms with Crippen LogP contribution in [0.3, 0.4) is 0 Å². The molecule has 3 heteroatoms. The lowest BCUT2D eigenvalue weighted by Crippen LogP contribution is -2.01. The lowest BCUT2D eigenvalue weighted by Gasteiger charge is -2.13. The summed E-state index contributed by atoms with van der Waals surface area (Å²) in [5, 5.41) is -2.05. The molecule has 8 aromatic carbocycles. The number of hydrogen-bond acceptors (Lipinski definition) is 3. The van der Waals surface area contributed by atoms with Crippen molar-refractivity contribution in [2.45, 2.75) is 0 Å². The fraction of sp³-hybridized carbons (Fsp3) is 0. The highest BCUT2D eigenvalue weighted by Gasteiger charge is 2.16. The average molecular weight is 655 g/mol. The van der Waals surface area contributed by atoms with E-state index in [1.54, 1.807) is 42.5 Å². The molecular formula is C47H31N3. The van der Waals surface area contributed by atoms with Gasteiger partial charge in [-0.2, -0.15) is 0 Å². The van der Waals surface area contributed by atoms with Crippen molar-refractivity contribution in [2.75, 3.05) is 0 Å². The Bertz CT molecular complexity index is 3600. The SMILES string of the molecule is [2H]c1c([2H])c(-c2nc(-c3ccccc3)nc(-c3ccccc3-c3ccccc3)n2)c([2H])c(-c2c([2H])c([2H])c3c([2H])c(-c4c([2H])c([2H])c([2H])c5c([2H])c([2H])c([2H])c([2H])c45)c([2H])c([2H])c3c2[2H])c1[2H]. The summed E-state index contributed by atoms with van der Waals surface area (Å²) in [5.41, 5.74) is 0.00429. The second-order valence-electron chi connectivity index (χ2n) is 11.1. The molecule has 0 radical (unpaired) electrons. The fourth-order valence-electron chi connectivity index (χ4n) is 5.58.